The summed E-state index contributed by atoms with van der Waals surface area (Å²) in [5.74, 6) is 0.873. The lowest BCUT2D eigenvalue weighted by Crippen LogP contribution is -2.59. The SMILES string of the molecule is CN1CC[C@]23CCCC[C@H]2[C@H]1Cc1cc2nc[nH]c2cc13. The van der Waals surface area contributed by atoms with Gasteiger partial charge < -0.3 is 9.88 Å². The number of benzene rings is 1. The third kappa shape index (κ3) is 1.50. The molecule has 1 aromatic heterocycles. The van der Waals surface area contributed by atoms with E-state index in [1.54, 1.807) is 11.1 Å². The Hall–Kier alpha value is -1.35. The van der Waals surface area contributed by atoms with Gasteiger partial charge in [-0.3, -0.25) is 0 Å². The van der Waals surface area contributed by atoms with Gasteiger partial charge in [0.05, 0.1) is 17.4 Å². The number of aromatic nitrogens is 2. The van der Waals surface area contributed by atoms with E-state index < -0.39 is 0 Å². The molecule has 0 radical (unpaired) electrons. The lowest BCUT2D eigenvalue weighted by atomic mass is 9.52. The maximum absolute atomic E-state index is 4.47. The van der Waals surface area contributed by atoms with Crippen molar-refractivity contribution in [3.63, 3.8) is 0 Å². The van der Waals surface area contributed by atoms with Crippen LogP contribution in [-0.2, 0) is 11.8 Å². The fraction of sp³-hybridized carbons (Fsp3) is 0.611. The van der Waals surface area contributed by atoms with E-state index in [0.717, 1.165) is 17.5 Å². The number of hydrogen-bond acceptors (Lipinski definition) is 2. The van der Waals surface area contributed by atoms with Crippen LogP contribution in [0.2, 0.25) is 0 Å². The Morgan fingerprint density at radius 1 is 1.29 bits per heavy atom. The molecule has 2 aliphatic carbocycles. The first-order valence-electron chi connectivity index (χ1n) is 8.45. The van der Waals surface area contributed by atoms with Crippen LogP contribution >= 0.6 is 0 Å². The van der Waals surface area contributed by atoms with Crippen LogP contribution in [0.15, 0.2) is 18.5 Å². The number of H-pyrrole nitrogens is 1. The number of hydrogen-bond donors (Lipinski definition) is 1. The second-order valence-corrected chi connectivity index (χ2v) is 7.44. The van der Waals surface area contributed by atoms with Gasteiger partial charge in [0.15, 0.2) is 0 Å². The Kier molecular flexibility index (Phi) is 2.38. The van der Waals surface area contributed by atoms with Crippen LogP contribution < -0.4 is 0 Å². The largest absolute Gasteiger partial charge is 0.345 e. The molecule has 1 aromatic carbocycles. The van der Waals surface area contributed by atoms with Gasteiger partial charge in [0.25, 0.3) is 0 Å². The first-order chi connectivity index (χ1) is 10.3. The molecule has 1 aliphatic heterocycles. The van der Waals surface area contributed by atoms with Crippen LogP contribution in [0.25, 0.3) is 11.0 Å². The number of likely N-dealkylation sites (tertiary alicyclic amines) is 1. The van der Waals surface area contributed by atoms with Crippen molar-refractivity contribution in [2.45, 2.75) is 50.0 Å². The molecule has 110 valence electrons. The number of fused-ring (bicyclic) bond motifs is 2. The zero-order valence-corrected chi connectivity index (χ0v) is 12.7. The zero-order chi connectivity index (χ0) is 14.0. The summed E-state index contributed by atoms with van der Waals surface area (Å²) in [6.45, 7) is 1.27. The van der Waals surface area contributed by atoms with E-state index in [1.165, 1.54) is 50.6 Å². The van der Waals surface area contributed by atoms with Crippen LogP contribution in [0.5, 0.6) is 0 Å². The van der Waals surface area contributed by atoms with E-state index >= 15 is 0 Å². The Morgan fingerprint density at radius 3 is 3.19 bits per heavy atom. The van der Waals surface area contributed by atoms with Gasteiger partial charge in [-0.1, -0.05) is 12.8 Å². The molecule has 0 spiro atoms. The molecule has 2 fully saturated rings. The molecule has 3 aliphatic rings. The van der Waals surface area contributed by atoms with Crippen molar-refractivity contribution in [1.29, 1.82) is 0 Å². The predicted octanol–water partition coefficient (Wildman–Crippen LogP) is 3.25. The molecule has 2 heterocycles. The first-order valence-corrected chi connectivity index (χ1v) is 8.45. The monoisotopic (exact) mass is 281 g/mol. The molecule has 2 aromatic rings. The number of likely N-dealkylation sites (N-methyl/N-ethyl adjacent to an activating group) is 1. The Labute approximate surface area is 125 Å². The van der Waals surface area contributed by atoms with Gasteiger partial charge in [-0.05, 0) is 68.5 Å². The number of nitrogens with zero attached hydrogens (tertiary/aromatic N) is 2. The molecule has 1 N–H and O–H groups in total. The van der Waals surface area contributed by atoms with Crippen molar-refractivity contribution in [2.75, 3.05) is 13.6 Å². The van der Waals surface area contributed by atoms with Crippen molar-refractivity contribution in [3.05, 3.63) is 29.6 Å². The minimum absolute atomic E-state index is 0.461. The second-order valence-electron chi connectivity index (χ2n) is 7.44. The van der Waals surface area contributed by atoms with Gasteiger partial charge in [0, 0.05) is 11.5 Å². The molecule has 2 bridgehead atoms. The second kappa shape index (κ2) is 4.10. The normalized spacial score (nSPS) is 35.5. The van der Waals surface area contributed by atoms with E-state index in [0.29, 0.717) is 5.41 Å². The summed E-state index contributed by atoms with van der Waals surface area (Å²) in [7, 11) is 2.33. The first kappa shape index (κ1) is 12.2. The number of nitrogens with one attached hydrogen (secondary N) is 1. The molecule has 1 saturated carbocycles. The van der Waals surface area contributed by atoms with E-state index in [4.69, 9.17) is 0 Å². The number of aromatic amines is 1. The van der Waals surface area contributed by atoms with E-state index in [2.05, 4.69) is 34.0 Å². The minimum Gasteiger partial charge on any atom is -0.345 e. The van der Waals surface area contributed by atoms with Crippen molar-refractivity contribution in [3.8, 4) is 0 Å². The minimum atomic E-state index is 0.461. The van der Waals surface area contributed by atoms with Crippen LogP contribution in [-0.4, -0.2) is 34.5 Å². The quantitative estimate of drug-likeness (QED) is 0.804. The van der Waals surface area contributed by atoms with Gasteiger partial charge in [0.1, 0.15) is 0 Å². The van der Waals surface area contributed by atoms with E-state index in [1.807, 2.05) is 6.33 Å². The Morgan fingerprint density at radius 2 is 2.24 bits per heavy atom. The van der Waals surface area contributed by atoms with Crippen LogP contribution in [0.3, 0.4) is 0 Å². The fourth-order valence-electron chi connectivity index (χ4n) is 5.64. The van der Waals surface area contributed by atoms with Crippen molar-refractivity contribution >= 4 is 11.0 Å². The lowest BCUT2D eigenvalue weighted by molar-refractivity contribution is 0.00298. The predicted molar refractivity (Wildman–Crippen MR) is 84.5 cm³/mol. The molecule has 1 saturated heterocycles. The molecule has 0 amide bonds. The van der Waals surface area contributed by atoms with Crippen LogP contribution in [0.4, 0.5) is 0 Å². The van der Waals surface area contributed by atoms with E-state index in [-0.39, 0.29) is 0 Å². The lowest BCUT2D eigenvalue weighted by Gasteiger charge is -2.58. The molecule has 0 unspecified atom stereocenters. The third-order valence-corrected chi connectivity index (χ3v) is 6.65. The topological polar surface area (TPSA) is 31.9 Å². The average molecular weight is 281 g/mol. The Balaban J connectivity index is 1.77. The molecule has 5 rings (SSSR count). The van der Waals surface area contributed by atoms with Gasteiger partial charge in [-0.25, -0.2) is 4.98 Å². The van der Waals surface area contributed by atoms with E-state index in [9.17, 15) is 0 Å². The molecular formula is C18H23N3. The number of piperidine rings is 1. The van der Waals surface area contributed by atoms with Crippen LogP contribution in [0, 0.1) is 5.92 Å². The summed E-state index contributed by atoms with van der Waals surface area (Å²) in [5, 5.41) is 0. The highest BCUT2D eigenvalue weighted by Crippen LogP contribution is 2.55. The third-order valence-electron chi connectivity index (χ3n) is 6.65. The van der Waals surface area contributed by atoms with Gasteiger partial charge in [-0.15, -0.1) is 0 Å². The summed E-state index contributed by atoms with van der Waals surface area (Å²) < 4.78 is 0. The van der Waals surface area contributed by atoms with Crippen molar-refractivity contribution in [2.24, 2.45) is 5.92 Å². The standard InChI is InChI=1S/C18H23N3/c1-21-7-6-18-5-3-2-4-13(18)17(21)9-12-8-15-16(10-14(12)18)20-11-19-15/h8,10-11,13,17H,2-7,9H2,1H3,(H,19,20)/t13-,17+,18+/m0/s1. The average Bonchev–Trinajstić information content (AvgIpc) is 2.96. The van der Waals surface area contributed by atoms with Crippen molar-refractivity contribution < 1.29 is 0 Å². The molecule has 3 heteroatoms. The van der Waals surface area contributed by atoms with Gasteiger partial charge in [0.2, 0.25) is 0 Å². The summed E-state index contributed by atoms with van der Waals surface area (Å²) >= 11 is 0. The summed E-state index contributed by atoms with van der Waals surface area (Å²) in [5.41, 5.74) is 6.06. The number of rotatable bonds is 0. The van der Waals surface area contributed by atoms with Gasteiger partial charge >= 0.3 is 0 Å². The zero-order valence-electron chi connectivity index (χ0n) is 12.7. The molecule has 3 atom stereocenters. The summed E-state index contributed by atoms with van der Waals surface area (Å²) in [4.78, 5) is 10.4. The smallest absolute Gasteiger partial charge is 0.0931 e. The van der Waals surface area contributed by atoms with Crippen molar-refractivity contribution in [1.82, 2.24) is 14.9 Å². The maximum Gasteiger partial charge on any atom is 0.0931 e. The number of imidazole rings is 1. The molecule has 21 heavy (non-hydrogen) atoms. The Bertz CT molecular complexity index is 704. The highest BCUT2D eigenvalue weighted by molar-refractivity contribution is 5.77. The maximum atomic E-state index is 4.47. The molecule has 3 nitrogen and oxygen atoms in total. The molecular weight excluding hydrogens is 258 g/mol. The van der Waals surface area contributed by atoms with Crippen LogP contribution in [0.1, 0.15) is 43.2 Å². The summed E-state index contributed by atoms with van der Waals surface area (Å²) in [6, 6.07) is 5.56. The highest BCUT2D eigenvalue weighted by Gasteiger charge is 2.53. The van der Waals surface area contributed by atoms with Gasteiger partial charge in [-0.2, -0.15) is 0 Å². The fourth-order valence-corrected chi connectivity index (χ4v) is 5.64. The summed E-state index contributed by atoms with van der Waals surface area (Å²) in [6.07, 6.45) is 10.1. The highest BCUT2D eigenvalue weighted by atomic mass is 15.1.